The minimum atomic E-state index is -1.28. The number of aromatic carboxylic acids is 1. The third kappa shape index (κ3) is 5.83. The van der Waals surface area contributed by atoms with E-state index in [1.54, 1.807) is 32.9 Å². The van der Waals surface area contributed by atoms with Gasteiger partial charge in [0.2, 0.25) is 0 Å². The van der Waals surface area contributed by atoms with Crippen molar-refractivity contribution in [3.05, 3.63) is 71.7 Å². The number of thioether (sulfide) groups is 1. The summed E-state index contributed by atoms with van der Waals surface area (Å²) in [5.41, 5.74) is 0.368. The van der Waals surface area contributed by atoms with Crippen LogP contribution in [0.3, 0.4) is 0 Å². The van der Waals surface area contributed by atoms with Crippen LogP contribution in [0.25, 0.3) is 11.3 Å². The van der Waals surface area contributed by atoms with Gasteiger partial charge in [-0.25, -0.2) is 4.79 Å². The van der Waals surface area contributed by atoms with E-state index >= 15 is 0 Å². The molecule has 198 valence electrons. The van der Waals surface area contributed by atoms with E-state index in [1.807, 2.05) is 6.07 Å². The zero-order chi connectivity index (χ0) is 27.8. The van der Waals surface area contributed by atoms with E-state index < -0.39 is 16.9 Å². The maximum Gasteiger partial charge on any atom is 0.338 e. The maximum atomic E-state index is 13.2. The molecule has 4 rings (SSSR count). The first-order valence-electron chi connectivity index (χ1n) is 11.3. The summed E-state index contributed by atoms with van der Waals surface area (Å²) < 4.78 is 3.04. The molecule has 38 heavy (non-hydrogen) atoms. The highest BCUT2D eigenvalue weighted by molar-refractivity contribution is 7.98. The standard InChI is InChI=1S/C25H23ClN4O5S3/c1-13-22(23(33)34)15(7-20(32)29(13)10-17(31)18-9-27-12-37-18)16-8-21(30(28-16)24(35)25(2,3)4)36-11-14-5-6-19(26)38-14/h5-9,12H,10-11H2,1-4H3,(H,33,34). The number of thiophene rings is 1. The molecule has 0 saturated heterocycles. The number of halogens is 1. The topological polar surface area (TPSA) is 124 Å². The first kappa shape index (κ1) is 28.0. The van der Waals surface area contributed by atoms with Gasteiger partial charge in [-0.1, -0.05) is 32.4 Å². The van der Waals surface area contributed by atoms with Crippen molar-refractivity contribution in [2.75, 3.05) is 0 Å². The Morgan fingerprint density at radius 2 is 1.92 bits per heavy atom. The lowest BCUT2D eigenvalue weighted by atomic mass is 9.96. The van der Waals surface area contributed by atoms with Gasteiger partial charge in [-0.05, 0) is 25.1 Å². The Balaban J connectivity index is 1.80. The fourth-order valence-electron chi connectivity index (χ4n) is 3.65. The van der Waals surface area contributed by atoms with Gasteiger partial charge in [0, 0.05) is 39.6 Å². The van der Waals surface area contributed by atoms with Gasteiger partial charge in [-0.2, -0.15) is 9.78 Å². The van der Waals surface area contributed by atoms with Crippen molar-refractivity contribution in [2.24, 2.45) is 5.41 Å². The van der Waals surface area contributed by atoms with E-state index in [0.29, 0.717) is 20.0 Å². The Morgan fingerprint density at radius 3 is 2.50 bits per heavy atom. The number of nitrogens with zero attached hydrogens (tertiary/aromatic N) is 4. The van der Waals surface area contributed by atoms with Crippen molar-refractivity contribution in [2.45, 2.75) is 45.0 Å². The van der Waals surface area contributed by atoms with Gasteiger partial charge in [0.1, 0.15) is 5.03 Å². The minimum absolute atomic E-state index is 0.0722. The second-order valence-electron chi connectivity index (χ2n) is 9.37. The number of carboxylic acid groups (broad SMARTS) is 1. The number of pyridine rings is 1. The molecule has 13 heteroatoms. The minimum Gasteiger partial charge on any atom is -0.478 e. The van der Waals surface area contributed by atoms with E-state index in [4.69, 9.17) is 11.6 Å². The molecule has 4 aromatic rings. The van der Waals surface area contributed by atoms with Crippen LogP contribution in [0.1, 0.15) is 56.2 Å². The van der Waals surface area contributed by atoms with Crippen LogP contribution in [-0.2, 0) is 12.3 Å². The van der Waals surface area contributed by atoms with Crippen molar-refractivity contribution < 1.29 is 19.5 Å². The molecular weight excluding hydrogens is 568 g/mol. The van der Waals surface area contributed by atoms with Crippen molar-refractivity contribution in [3.8, 4) is 11.3 Å². The van der Waals surface area contributed by atoms with E-state index in [9.17, 15) is 24.3 Å². The Labute approximate surface area is 235 Å². The Hall–Kier alpha value is -3.06. The van der Waals surface area contributed by atoms with Gasteiger partial charge in [0.15, 0.2) is 5.78 Å². The quantitative estimate of drug-likeness (QED) is 0.203. The molecule has 0 aliphatic carbocycles. The summed E-state index contributed by atoms with van der Waals surface area (Å²) in [6.07, 6.45) is 1.40. The highest BCUT2D eigenvalue weighted by Gasteiger charge is 2.29. The molecule has 9 nitrogen and oxygen atoms in total. The largest absolute Gasteiger partial charge is 0.478 e. The molecule has 0 aromatic carbocycles. The van der Waals surface area contributed by atoms with Crippen molar-refractivity contribution in [3.63, 3.8) is 0 Å². The summed E-state index contributed by atoms with van der Waals surface area (Å²) >= 11 is 9.96. The van der Waals surface area contributed by atoms with Crippen LogP contribution in [0.4, 0.5) is 0 Å². The SMILES string of the molecule is Cc1c(C(=O)O)c(-c2cc(SCc3ccc(Cl)s3)n(C(=O)C(C)(C)C)n2)cc(=O)n1CC(=O)c1cncs1. The predicted molar refractivity (Wildman–Crippen MR) is 149 cm³/mol. The molecule has 0 bridgehead atoms. The Kier molecular flexibility index (Phi) is 8.07. The summed E-state index contributed by atoms with van der Waals surface area (Å²) in [7, 11) is 0. The number of hydrogen-bond acceptors (Lipinski definition) is 9. The molecule has 0 fully saturated rings. The molecular formula is C25H23ClN4O5S3. The van der Waals surface area contributed by atoms with Crippen LogP contribution in [0.5, 0.6) is 0 Å². The van der Waals surface area contributed by atoms with Gasteiger partial charge in [-0.3, -0.25) is 19.4 Å². The number of ketones is 1. The fourth-order valence-corrected chi connectivity index (χ4v) is 6.32. The average molecular weight is 591 g/mol. The monoisotopic (exact) mass is 590 g/mol. The number of hydrogen-bond donors (Lipinski definition) is 1. The summed E-state index contributed by atoms with van der Waals surface area (Å²) in [4.78, 5) is 56.6. The van der Waals surface area contributed by atoms with Crippen molar-refractivity contribution in [1.29, 1.82) is 0 Å². The summed E-state index contributed by atoms with van der Waals surface area (Å²) in [6, 6.07) is 6.45. The van der Waals surface area contributed by atoms with E-state index in [0.717, 1.165) is 26.8 Å². The highest BCUT2D eigenvalue weighted by atomic mass is 35.5. The van der Waals surface area contributed by atoms with Crippen LogP contribution in [0, 0.1) is 12.3 Å². The number of Topliss-reactive ketones (excluding diaryl/α,β-unsaturated/α-hetero) is 1. The fraction of sp³-hybridized carbons (Fsp3) is 0.280. The number of carboxylic acids is 1. The summed E-state index contributed by atoms with van der Waals surface area (Å²) in [5, 5.41) is 15.0. The highest BCUT2D eigenvalue weighted by Crippen LogP contribution is 2.34. The number of thiazole rings is 1. The molecule has 0 amide bonds. The molecule has 0 radical (unpaired) electrons. The van der Waals surface area contributed by atoms with Crippen LogP contribution in [0.15, 0.2) is 45.8 Å². The van der Waals surface area contributed by atoms with Gasteiger partial charge in [-0.15, -0.1) is 34.4 Å². The molecule has 0 aliphatic heterocycles. The van der Waals surface area contributed by atoms with Gasteiger partial charge in [0.05, 0.1) is 32.5 Å². The molecule has 0 atom stereocenters. The van der Waals surface area contributed by atoms with E-state index in [1.165, 1.54) is 46.4 Å². The van der Waals surface area contributed by atoms with Crippen LogP contribution in [0.2, 0.25) is 4.34 Å². The van der Waals surface area contributed by atoms with Gasteiger partial charge < -0.3 is 9.67 Å². The second kappa shape index (κ2) is 11.0. The third-order valence-electron chi connectivity index (χ3n) is 5.57. The molecule has 0 unspecified atom stereocenters. The Morgan fingerprint density at radius 1 is 1.18 bits per heavy atom. The van der Waals surface area contributed by atoms with Crippen molar-refractivity contribution in [1.82, 2.24) is 19.3 Å². The van der Waals surface area contributed by atoms with Crippen LogP contribution >= 0.6 is 46.0 Å². The molecule has 4 heterocycles. The lowest BCUT2D eigenvalue weighted by molar-refractivity contribution is 0.0693. The smallest absolute Gasteiger partial charge is 0.338 e. The molecule has 0 saturated carbocycles. The maximum absolute atomic E-state index is 13.2. The first-order chi connectivity index (χ1) is 17.9. The zero-order valence-electron chi connectivity index (χ0n) is 20.9. The van der Waals surface area contributed by atoms with Crippen LogP contribution < -0.4 is 5.56 Å². The first-order valence-corrected chi connectivity index (χ1v) is 14.3. The summed E-state index contributed by atoms with van der Waals surface area (Å²) in [6.45, 7) is 6.44. The number of aromatic nitrogens is 4. The average Bonchev–Trinajstić information content (AvgIpc) is 3.59. The van der Waals surface area contributed by atoms with E-state index in [2.05, 4.69) is 10.1 Å². The second-order valence-corrected chi connectivity index (χ2v) is 13.0. The third-order valence-corrected chi connectivity index (χ3v) is 8.84. The zero-order valence-corrected chi connectivity index (χ0v) is 24.1. The normalized spacial score (nSPS) is 11.6. The molecule has 0 aliphatic rings. The Bertz CT molecular complexity index is 1600. The molecule has 4 aromatic heterocycles. The van der Waals surface area contributed by atoms with Crippen LogP contribution in [-0.4, -0.2) is 42.1 Å². The lowest BCUT2D eigenvalue weighted by Gasteiger charge is -2.17. The predicted octanol–water partition coefficient (Wildman–Crippen LogP) is 5.75. The summed E-state index contributed by atoms with van der Waals surface area (Å²) in [5.74, 6) is -1.40. The molecule has 0 spiro atoms. The van der Waals surface area contributed by atoms with Gasteiger partial charge in [0.25, 0.3) is 11.5 Å². The lowest BCUT2D eigenvalue weighted by Crippen LogP contribution is -2.29. The molecule has 1 N–H and O–H groups in total. The number of rotatable bonds is 8. The number of carbonyl (C=O) groups excluding carboxylic acids is 2. The van der Waals surface area contributed by atoms with Crippen molar-refractivity contribution >= 4 is 63.7 Å². The van der Waals surface area contributed by atoms with E-state index in [-0.39, 0.29) is 40.7 Å². The number of carbonyl (C=O) groups is 3. The van der Waals surface area contributed by atoms with Gasteiger partial charge >= 0.3 is 5.97 Å².